The average molecular weight is 194 g/mol. The number of carbonyl (C=O) groups is 1. The monoisotopic (exact) mass is 194 g/mol. The number of ether oxygens (including phenoxy) is 1. The number of hydrogen-bond donors (Lipinski definition) is 2. The highest BCUT2D eigenvalue weighted by molar-refractivity contribution is 5.85. The van der Waals surface area contributed by atoms with E-state index in [4.69, 9.17) is 14.9 Å². The highest BCUT2D eigenvalue weighted by Crippen LogP contribution is 2.24. The lowest BCUT2D eigenvalue weighted by Gasteiger charge is -2.04. The second-order valence-electron chi connectivity index (χ2n) is 2.60. The van der Waals surface area contributed by atoms with E-state index < -0.39 is 5.97 Å². The third-order valence-electron chi connectivity index (χ3n) is 1.62. The molecule has 0 saturated heterocycles. The van der Waals surface area contributed by atoms with Crippen molar-refractivity contribution in [3.8, 4) is 11.5 Å². The number of carboxylic acids is 1. The van der Waals surface area contributed by atoms with Gasteiger partial charge in [0.05, 0.1) is 7.11 Å². The van der Waals surface area contributed by atoms with Crippen molar-refractivity contribution in [2.45, 2.75) is 0 Å². The second kappa shape index (κ2) is 4.32. The molecule has 4 heteroatoms. The molecule has 4 nitrogen and oxygen atoms in total. The molecule has 0 aliphatic carbocycles. The highest BCUT2D eigenvalue weighted by Gasteiger charge is 2.00. The number of hydrogen-bond acceptors (Lipinski definition) is 3. The van der Waals surface area contributed by atoms with E-state index in [2.05, 4.69) is 0 Å². The summed E-state index contributed by atoms with van der Waals surface area (Å²) in [5.74, 6) is -0.517. The van der Waals surface area contributed by atoms with Crippen molar-refractivity contribution in [3.63, 3.8) is 0 Å². The minimum absolute atomic E-state index is 0.0781. The van der Waals surface area contributed by atoms with Gasteiger partial charge in [-0.25, -0.2) is 4.79 Å². The predicted octanol–water partition coefficient (Wildman–Crippen LogP) is 1.50. The maximum atomic E-state index is 10.3. The average Bonchev–Trinajstić information content (AvgIpc) is 2.15. The fourth-order valence-electron chi connectivity index (χ4n) is 0.999. The molecule has 0 radical (unpaired) electrons. The molecule has 0 aliphatic heterocycles. The second-order valence-corrected chi connectivity index (χ2v) is 2.60. The molecule has 0 amide bonds. The highest BCUT2D eigenvalue weighted by atomic mass is 16.5. The van der Waals surface area contributed by atoms with Crippen LogP contribution in [0.1, 0.15) is 5.56 Å². The van der Waals surface area contributed by atoms with Gasteiger partial charge in [-0.2, -0.15) is 0 Å². The van der Waals surface area contributed by atoms with Crippen molar-refractivity contribution in [1.82, 2.24) is 0 Å². The Morgan fingerprint density at radius 1 is 1.50 bits per heavy atom. The first kappa shape index (κ1) is 10.1. The van der Waals surface area contributed by atoms with Gasteiger partial charge in [-0.05, 0) is 18.2 Å². The lowest BCUT2D eigenvalue weighted by Crippen LogP contribution is -1.89. The third-order valence-corrected chi connectivity index (χ3v) is 1.62. The molecule has 0 saturated carbocycles. The number of phenols is 1. The minimum atomic E-state index is -1.03. The number of phenolic OH excluding ortho intramolecular Hbond substituents is 1. The number of carboxylic acid groups (broad SMARTS) is 1. The van der Waals surface area contributed by atoms with E-state index in [0.29, 0.717) is 11.3 Å². The fourth-order valence-corrected chi connectivity index (χ4v) is 0.999. The zero-order valence-electron chi connectivity index (χ0n) is 7.60. The predicted molar refractivity (Wildman–Crippen MR) is 51.3 cm³/mol. The summed E-state index contributed by atoms with van der Waals surface area (Å²) in [6.07, 6.45) is 2.41. The summed E-state index contributed by atoms with van der Waals surface area (Å²) in [6, 6.07) is 4.46. The Balaban J connectivity index is 3.02. The summed E-state index contributed by atoms with van der Waals surface area (Å²) in [7, 11) is 1.45. The third kappa shape index (κ3) is 2.52. The number of methoxy groups -OCH3 is 1. The van der Waals surface area contributed by atoms with Gasteiger partial charge >= 0.3 is 5.97 Å². The van der Waals surface area contributed by atoms with Crippen LogP contribution in [0.2, 0.25) is 0 Å². The van der Waals surface area contributed by atoms with Gasteiger partial charge in [0, 0.05) is 17.7 Å². The van der Waals surface area contributed by atoms with E-state index in [9.17, 15) is 4.79 Å². The number of aromatic hydroxyl groups is 1. The van der Waals surface area contributed by atoms with Gasteiger partial charge in [0.2, 0.25) is 0 Å². The molecular formula is C10H10O4. The summed E-state index contributed by atoms with van der Waals surface area (Å²) in [5, 5.41) is 17.5. The largest absolute Gasteiger partial charge is 0.508 e. The molecule has 0 unspecified atom stereocenters. The van der Waals surface area contributed by atoms with Crippen molar-refractivity contribution < 1.29 is 19.7 Å². The quantitative estimate of drug-likeness (QED) is 0.715. The molecule has 14 heavy (non-hydrogen) atoms. The standard InChI is InChI=1S/C10H10O4/c1-14-9-6-8(11)4-2-7(9)3-5-10(12)13/h2-6,11H,1H3,(H,12,13). The van der Waals surface area contributed by atoms with E-state index >= 15 is 0 Å². The number of aliphatic carboxylic acids is 1. The summed E-state index contributed by atoms with van der Waals surface area (Å²) in [6.45, 7) is 0. The van der Waals surface area contributed by atoms with Crippen molar-refractivity contribution in [1.29, 1.82) is 0 Å². The Bertz CT molecular complexity index is 368. The molecule has 1 aromatic rings. The normalized spacial score (nSPS) is 10.4. The molecule has 74 valence electrons. The van der Waals surface area contributed by atoms with Crippen LogP contribution < -0.4 is 4.74 Å². The van der Waals surface area contributed by atoms with Crippen molar-refractivity contribution in [2.75, 3.05) is 7.11 Å². The Kier molecular flexibility index (Phi) is 3.12. The van der Waals surface area contributed by atoms with Crippen LogP contribution in [0.4, 0.5) is 0 Å². The van der Waals surface area contributed by atoms with E-state index in [1.807, 2.05) is 0 Å². The van der Waals surface area contributed by atoms with Gasteiger partial charge in [-0.1, -0.05) is 0 Å². The summed E-state index contributed by atoms with van der Waals surface area (Å²) in [4.78, 5) is 10.3. The molecule has 2 N–H and O–H groups in total. The molecule has 1 aromatic carbocycles. The molecule has 0 bridgehead atoms. The number of rotatable bonds is 3. The first-order valence-electron chi connectivity index (χ1n) is 3.91. The molecule has 0 fully saturated rings. The van der Waals surface area contributed by atoms with E-state index in [1.165, 1.54) is 25.3 Å². The smallest absolute Gasteiger partial charge is 0.328 e. The Morgan fingerprint density at radius 2 is 2.21 bits per heavy atom. The van der Waals surface area contributed by atoms with Crippen LogP contribution in [0.25, 0.3) is 6.08 Å². The lowest BCUT2D eigenvalue weighted by molar-refractivity contribution is -0.131. The Labute approximate surface area is 81.1 Å². The molecule has 0 spiro atoms. The Morgan fingerprint density at radius 3 is 2.79 bits per heavy atom. The minimum Gasteiger partial charge on any atom is -0.508 e. The van der Waals surface area contributed by atoms with Gasteiger partial charge < -0.3 is 14.9 Å². The molecule has 0 aromatic heterocycles. The van der Waals surface area contributed by atoms with Crippen LogP contribution in [0.5, 0.6) is 11.5 Å². The van der Waals surface area contributed by atoms with Gasteiger partial charge in [0.15, 0.2) is 0 Å². The van der Waals surface area contributed by atoms with Gasteiger partial charge in [0.25, 0.3) is 0 Å². The van der Waals surface area contributed by atoms with Crippen LogP contribution in [-0.4, -0.2) is 23.3 Å². The van der Waals surface area contributed by atoms with Crippen LogP contribution >= 0.6 is 0 Å². The molecule has 1 rings (SSSR count). The zero-order chi connectivity index (χ0) is 10.6. The summed E-state index contributed by atoms with van der Waals surface area (Å²) in [5.41, 5.74) is 0.604. The maximum absolute atomic E-state index is 10.3. The number of benzene rings is 1. The lowest BCUT2D eigenvalue weighted by atomic mass is 10.2. The van der Waals surface area contributed by atoms with Crippen molar-refractivity contribution >= 4 is 12.0 Å². The van der Waals surface area contributed by atoms with Crippen LogP contribution in [0, 0.1) is 0 Å². The van der Waals surface area contributed by atoms with Crippen LogP contribution in [0.3, 0.4) is 0 Å². The fraction of sp³-hybridized carbons (Fsp3) is 0.100. The topological polar surface area (TPSA) is 66.8 Å². The van der Waals surface area contributed by atoms with Crippen molar-refractivity contribution in [2.24, 2.45) is 0 Å². The van der Waals surface area contributed by atoms with Crippen LogP contribution in [0.15, 0.2) is 24.3 Å². The molecular weight excluding hydrogens is 184 g/mol. The van der Waals surface area contributed by atoms with Crippen molar-refractivity contribution in [3.05, 3.63) is 29.8 Å². The first-order chi connectivity index (χ1) is 6.63. The Hall–Kier alpha value is -1.97. The molecule has 0 aliphatic rings. The first-order valence-corrected chi connectivity index (χ1v) is 3.91. The summed E-state index contributed by atoms with van der Waals surface area (Å²) >= 11 is 0. The van der Waals surface area contributed by atoms with E-state index in [0.717, 1.165) is 6.08 Å². The van der Waals surface area contributed by atoms with Gasteiger partial charge in [-0.3, -0.25) is 0 Å². The SMILES string of the molecule is COc1cc(O)ccc1C=CC(=O)O. The summed E-state index contributed by atoms with van der Waals surface area (Å²) < 4.78 is 4.95. The van der Waals surface area contributed by atoms with E-state index in [1.54, 1.807) is 6.07 Å². The van der Waals surface area contributed by atoms with Gasteiger partial charge in [0.1, 0.15) is 11.5 Å². The maximum Gasteiger partial charge on any atom is 0.328 e. The molecule has 0 atom stereocenters. The van der Waals surface area contributed by atoms with Crippen LogP contribution in [-0.2, 0) is 4.79 Å². The van der Waals surface area contributed by atoms with E-state index in [-0.39, 0.29) is 5.75 Å². The van der Waals surface area contributed by atoms with Gasteiger partial charge in [-0.15, -0.1) is 0 Å². The zero-order valence-corrected chi connectivity index (χ0v) is 7.60. The molecule has 0 heterocycles.